The normalized spacial score (nSPS) is 12.2. The summed E-state index contributed by atoms with van der Waals surface area (Å²) in [5, 5.41) is 1.34. The summed E-state index contributed by atoms with van der Waals surface area (Å²) in [6, 6.07) is 11.3. The number of carbonyl (C=O) groups excluding carboxylic acids is 1. The number of hydrogen-bond acceptors (Lipinski definition) is 5. The first-order valence-corrected chi connectivity index (χ1v) is 10.1. The molecule has 148 valence electrons. The zero-order valence-electron chi connectivity index (χ0n) is 15.1. The van der Waals surface area contributed by atoms with Gasteiger partial charge < -0.3 is 13.7 Å². The molecule has 0 aliphatic heterocycles. The van der Waals surface area contributed by atoms with Crippen LogP contribution >= 0.6 is 34.5 Å². The average Bonchev–Trinajstić information content (AvgIpc) is 3.03. The molecule has 0 fully saturated rings. The van der Waals surface area contributed by atoms with Crippen LogP contribution in [0.1, 0.15) is 10.6 Å². The minimum absolute atomic E-state index is 0.131. The van der Waals surface area contributed by atoms with Gasteiger partial charge in [0.2, 0.25) is 0 Å². The SMILES string of the molecule is COCCn1c(=NC(=O)c2cc(=O)c3ccccc3o2)sc2cc(Cl)cc(Cl)c21. The second-order valence-electron chi connectivity index (χ2n) is 6.15. The first kappa shape index (κ1) is 19.8. The van der Waals surface area contributed by atoms with E-state index in [1.165, 1.54) is 11.3 Å². The molecule has 9 heteroatoms. The van der Waals surface area contributed by atoms with Crippen molar-refractivity contribution in [1.29, 1.82) is 0 Å². The Balaban J connectivity index is 1.88. The van der Waals surface area contributed by atoms with E-state index in [1.807, 2.05) is 0 Å². The fourth-order valence-corrected chi connectivity index (χ4v) is 4.79. The Bertz CT molecular complexity index is 1370. The maximum Gasteiger partial charge on any atom is 0.315 e. The lowest BCUT2D eigenvalue weighted by atomic mass is 10.2. The Hall–Kier alpha value is -2.45. The third-order valence-electron chi connectivity index (χ3n) is 4.26. The molecule has 2 aromatic carbocycles. The van der Waals surface area contributed by atoms with Crippen molar-refractivity contribution < 1.29 is 13.9 Å². The number of ether oxygens (including phenoxy) is 1. The summed E-state index contributed by atoms with van der Waals surface area (Å²) in [6.07, 6.45) is 0. The number of aromatic nitrogens is 1. The van der Waals surface area contributed by atoms with Gasteiger partial charge in [0.1, 0.15) is 5.58 Å². The van der Waals surface area contributed by atoms with Crippen molar-refractivity contribution in [3.05, 3.63) is 73.3 Å². The van der Waals surface area contributed by atoms with Gasteiger partial charge in [-0.3, -0.25) is 9.59 Å². The van der Waals surface area contributed by atoms with Crippen LogP contribution in [-0.2, 0) is 11.3 Å². The molecule has 0 aliphatic rings. The van der Waals surface area contributed by atoms with Gasteiger partial charge in [0.15, 0.2) is 16.0 Å². The van der Waals surface area contributed by atoms with Crippen molar-refractivity contribution in [3.8, 4) is 0 Å². The molecular formula is C20H14Cl2N2O4S. The predicted molar refractivity (Wildman–Crippen MR) is 114 cm³/mol. The minimum Gasteiger partial charge on any atom is -0.451 e. The zero-order chi connectivity index (χ0) is 20.5. The lowest BCUT2D eigenvalue weighted by Gasteiger charge is -2.06. The number of para-hydroxylation sites is 1. The highest BCUT2D eigenvalue weighted by Crippen LogP contribution is 2.29. The van der Waals surface area contributed by atoms with Gasteiger partial charge in [-0.15, -0.1) is 0 Å². The third kappa shape index (κ3) is 3.86. The van der Waals surface area contributed by atoms with E-state index in [0.717, 1.165) is 10.8 Å². The molecule has 0 aliphatic carbocycles. The predicted octanol–water partition coefficient (Wildman–Crippen LogP) is 4.50. The molecular weight excluding hydrogens is 435 g/mol. The van der Waals surface area contributed by atoms with Gasteiger partial charge in [0, 0.05) is 24.7 Å². The quantitative estimate of drug-likeness (QED) is 0.460. The maximum atomic E-state index is 12.8. The largest absolute Gasteiger partial charge is 0.451 e. The van der Waals surface area contributed by atoms with Crippen LogP contribution in [0, 0.1) is 0 Å². The summed E-state index contributed by atoms with van der Waals surface area (Å²) in [7, 11) is 1.58. The Labute approximate surface area is 178 Å². The molecule has 1 amide bonds. The highest BCUT2D eigenvalue weighted by Gasteiger charge is 2.15. The number of carbonyl (C=O) groups is 1. The van der Waals surface area contributed by atoms with Gasteiger partial charge in [-0.2, -0.15) is 4.99 Å². The summed E-state index contributed by atoms with van der Waals surface area (Å²) in [5.74, 6) is -0.790. The molecule has 0 spiro atoms. The summed E-state index contributed by atoms with van der Waals surface area (Å²) in [4.78, 5) is 29.6. The lowest BCUT2D eigenvalue weighted by Crippen LogP contribution is -2.20. The van der Waals surface area contributed by atoms with Gasteiger partial charge in [0.25, 0.3) is 0 Å². The lowest BCUT2D eigenvalue weighted by molar-refractivity contribution is 0.0971. The first-order chi connectivity index (χ1) is 14.0. The second-order valence-corrected chi connectivity index (χ2v) is 8.00. The molecule has 0 N–H and O–H groups in total. The third-order valence-corrected chi connectivity index (χ3v) is 5.79. The highest BCUT2D eigenvalue weighted by atomic mass is 35.5. The summed E-state index contributed by atoms with van der Waals surface area (Å²) in [5.41, 5.74) is 0.741. The number of methoxy groups -OCH3 is 1. The van der Waals surface area contributed by atoms with Crippen molar-refractivity contribution in [1.82, 2.24) is 4.57 Å². The monoisotopic (exact) mass is 448 g/mol. The Morgan fingerprint density at radius 2 is 2.03 bits per heavy atom. The van der Waals surface area contributed by atoms with Crippen molar-refractivity contribution in [2.45, 2.75) is 6.54 Å². The second kappa shape index (κ2) is 8.12. The molecule has 0 unspecified atom stereocenters. The van der Waals surface area contributed by atoms with Crippen LogP contribution in [0.5, 0.6) is 0 Å². The van der Waals surface area contributed by atoms with Crippen LogP contribution in [0.4, 0.5) is 0 Å². The topological polar surface area (TPSA) is 73.8 Å². The number of halogens is 2. The highest BCUT2D eigenvalue weighted by molar-refractivity contribution is 7.16. The Morgan fingerprint density at radius 1 is 1.24 bits per heavy atom. The number of hydrogen-bond donors (Lipinski definition) is 0. The van der Waals surface area contributed by atoms with Gasteiger partial charge in [-0.1, -0.05) is 46.7 Å². The minimum atomic E-state index is -0.659. The van der Waals surface area contributed by atoms with Gasteiger partial charge in [-0.05, 0) is 24.3 Å². The molecule has 29 heavy (non-hydrogen) atoms. The Morgan fingerprint density at radius 3 is 2.83 bits per heavy atom. The van der Waals surface area contributed by atoms with E-state index in [2.05, 4.69) is 4.99 Å². The Kier molecular flexibility index (Phi) is 5.56. The van der Waals surface area contributed by atoms with E-state index < -0.39 is 5.91 Å². The van der Waals surface area contributed by atoms with Crippen molar-refractivity contribution in [3.63, 3.8) is 0 Å². The average molecular weight is 449 g/mol. The van der Waals surface area contributed by atoms with Crippen LogP contribution in [0.25, 0.3) is 21.2 Å². The maximum absolute atomic E-state index is 12.8. The molecule has 6 nitrogen and oxygen atoms in total. The van der Waals surface area contributed by atoms with Crippen LogP contribution in [-0.4, -0.2) is 24.2 Å². The van der Waals surface area contributed by atoms with Crippen LogP contribution in [0.15, 0.2) is 56.7 Å². The standard InChI is InChI=1S/C20H14Cl2N2O4S/c1-27-7-6-24-18-13(22)8-11(21)9-17(18)29-20(24)23-19(26)16-10-14(25)12-4-2-3-5-15(12)28-16/h2-5,8-10H,6-7H2,1H3. The van der Waals surface area contributed by atoms with E-state index in [4.69, 9.17) is 32.4 Å². The fraction of sp³-hybridized carbons (Fsp3) is 0.150. The summed E-state index contributed by atoms with van der Waals surface area (Å²) in [6.45, 7) is 0.836. The van der Waals surface area contributed by atoms with E-state index in [0.29, 0.717) is 44.5 Å². The number of nitrogens with zero attached hydrogens (tertiary/aromatic N) is 2. The molecule has 2 heterocycles. The molecule has 2 aromatic heterocycles. The van der Waals surface area contributed by atoms with E-state index in [-0.39, 0.29) is 11.2 Å². The van der Waals surface area contributed by atoms with Crippen LogP contribution < -0.4 is 10.2 Å². The van der Waals surface area contributed by atoms with E-state index in [9.17, 15) is 9.59 Å². The van der Waals surface area contributed by atoms with Gasteiger partial charge in [0.05, 0.1) is 27.2 Å². The first-order valence-electron chi connectivity index (χ1n) is 8.57. The number of benzene rings is 2. The molecule has 4 aromatic rings. The molecule has 0 radical (unpaired) electrons. The number of rotatable bonds is 4. The van der Waals surface area contributed by atoms with Crippen molar-refractivity contribution >= 4 is 61.6 Å². The van der Waals surface area contributed by atoms with Gasteiger partial charge >= 0.3 is 5.91 Å². The van der Waals surface area contributed by atoms with Crippen LogP contribution in [0.3, 0.4) is 0 Å². The number of amides is 1. The molecule has 0 bridgehead atoms. The van der Waals surface area contributed by atoms with Crippen LogP contribution in [0.2, 0.25) is 10.0 Å². The molecule has 0 atom stereocenters. The number of fused-ring (bicyclic) bond motifs is 2. The molecule has 0 saturated carbocycles. The van der Waals surface area contributed by atoms with Gasteiger partial charge in [-0.25, -0.2) is 0 Å². The van der Waals surface area contributed by atoms with Crippen molar-refractivity contribution in [2.24, 2.45) is 4.99 Å². The summed E-state index contributed by atoms with van der Waals surface area (Å²) < 4.78 is 13.3. The van der Waals surface area contributed by atoms with E-state index >= 15 is 0 Å². The molecule has 4 rings (SSSR count). The number of thiazole rings is 1. The summed E-state index contributed by atoms with van der Waals surface area (Å²) >= 11 is 13.7. The van der Waals surface area contributed by atoms with E-state index in [1.54, 1.807) is 48.1 Å². The zero-order valence-corrected chi connectivity index (χ0v) is 17.5. The van der Waals surface area contributed by atoms with Crippen molar-refractivity contribution in [2.75, 3.05) is 13.7 Å². The molecule has 0 saturated heterocycles. The smallest absolute Gasteiger partial charge is 0.315 e. The fourth-order valence-electron chi connectivity index (χ4n) is 2.96.